The molecule has 50 valence electrons. The Morgan fingerprint density at radius 1 is 0.875 bits per heavy atom. The van der Waals surface area contributed by atoms with Gasteiger partial charge in [-0.05, 0) is 0 Å². The van der Waals surface area contributed by atoms with E-state index < -0.39 is 9.05 Å². The van der Waals surface area contributed by atoms with Crippen LogP contribution in [0.4, 0.5) is 0 Å². The molecule has 0 aromatic carbocycles. The quantitative estimate of drug-likeness (QED) is 0.258. The Hall–Kier alpha value is 0.977. The van der Waals surface area contributed by atoms with Gasteiger partial charge in [0.2, 0.25) is 0 Å². The molecule has 0 amide bonds. The molecule has 0 aliphatic heterocycles. The topological polar surface area (TPSA) is 144 Å². The Morgan fingerprint density at radius 2 is 0.875 bits per heavy atom. The van der Waals surface area contributed by atoms with E-state index in [2.05, 4.69) is 0 Å². The van der Waals surface area contributed by atoms with Crippen LogP contribution >= 0.6 is 0 Å². The van der Waals surface area contributed by atoms with Crippen molar-refractivity contribution in [2.24, 2.45) is 0 Å². The molecule has 0 aliphatic rings. The molecule has 0 bridgehead atoms. The Kier molecular flexibility index (Phi) is 23.0. The van der Waals surface area contributed by atoms with Crippen molar-refractivity contribution >= 4 is 9.05 Å². The fourth-order valence-electron chi connectivity index (χ4n) is 0. The maximum absolute atomic E-state index is 7.33. The van der Waals surface area contributed by atoms with Gasteiger partial charge in [-0.1, -0.05) is 0 Å². The molecule has 0 saturated heterocycles. The first-order valence-electron chi connectivity index (χ1n) is 0.894. The van der Waals surface area contributed by atoms with E-state index in [0.29, 0.717) is 0 Å². The third-order valence-electron chi connectivity index (χ3n) is 0. The van der Waals surface area contributed by atoms with E-state index in [1.54, 1.807) is 0 Å². The summed E-state index contributed by atoms with van der Waals surface area (Å²) in [6.45, 7) is 0. The summed E-state index contributed by atoms with van der Waals surface area (Å²) >= 11 is 0. The smallest absolute Gasteiger partial charge is 1.00 e. The SMILES string of the molecule is O.O.O[Si](O)(O)O.[H-].[Na+]. The molecule has 0 unspecified atom stereocenters. The van der Waals surface area contributed by atoms with Crippen molar-refractivity contribution < 1.29 is 61.1 Å². The molecular weight excluding hydrogens is 147 g/mol. The summed E-state index contributed by atoms with van der Waals surface area (Å²) in [6, 6.07) is 0. The summed E-state index contributed by atoms with van der Waals surface area (Å²) in [5.74, 6) is 0. The fourth-order valence-corrected chi connectivity index (χ4v) is 0. The van der Waals surface area contributed by atoms with Crippen molar-refractivity contribution in [3.05, 3.63) is 0 Å². The molecule has 0 fully saturated rings. The second kappa shape index (κ2) is 7.98. The van der Waals surface area contributed by atoms with Crippen LogP contribution in [0.25, 0.3) is 0 Å². The number of rotatable bonds is 0. The molecule has 8 N–H and O–H groups in total. The van der Waals surface area contributed by atoms with E-state index >= 15 is 0 Å². The molecule has 0 atom stereocenters. The van der Waals surface area contributed by atoms with Gasteiger partial charge in [-0.3, -0.25) is 0 Å². The van der Waals surface area contributed by atoms with Gasteiger partial charge < -0.3 is 31.6 Å². The Balaban J connectivity index is -0.0000000133. The molecule has 0 rings (SSSR count). The van der Waals surface area contributed by atoms with Crippen LogP contribution in [0.3, 0.4) is 0 Å². The van der Waals surface area contributed by atoms with E-state index in [9.17, 15) is 0 Å². The van der Waals surface area contributed by atoms with Gasteiger partial charge in [0, 0.05) is 0 Å². The van der Waals surface area contributed by atoms with Crippen LogP contribution < -0.4 is 29.6 Å². The second-order valence-electron chi connectivity index (χ2n) is 0.600. The number of hydrogen-bond donors (Lipinski definition) is 4. The molecule has 8 heteroatoms. The van der Waals surface area contributed by atoms with E-state index in [1.165, 1.54) is 0 Å². The standard InChI is InChI=1S/Na.H4O4Si.2H2O.H/c;1-5(2,3)4;;;/h;1-4H;2*1H2;/q+1;;;;-1. The second-order valence-corrected chi connectivity index (χ2v) is 1.80. The van der Waals surface area contributed by atoms with Crippen molar-refractivity contribution in [2.45, 2.75) is 0 Å². The first-order valence-corrected chi connectivity index (χ1v) is 2.68. The maximum atomic E-state index is 7.33. The van der Waals surface area contributed by atoms with Gasteiger partial charge in [-0.15, -0.1) is 0 Å². The van der Waals surface area contributed by atoms with Crippen molar-refractivity contribution in [3.8, 4) is 0 Å². The van der Waals surface area contributed by atoms with Gasteiger partial charge >= 0.3 is 38.6 Å². The van der Waals surface area contributed by atoms with Gasteiger partial charge in [-0.25, -0.2) is 0 Å². The van der Waals surface area contributed by atoms with Crippen LogP contribution in [0.15, 0.2) is 0 Å². The fraction of sp³-hybridized carbons (Fsp3) is 0. The first-order chi connectivity index (χ1) is 2.00. The van der Waals surface area contributed by atoms with Gasteiger partial charge in [-0.2, -0.15) is 0 Å². The van der Waals surface area contributed by atoms with Crippen molar-refractivity contribution in [3.63, 3.8) is 0 Å². The monoisotopic (exact) mass is 156 g/mol. The number of hydrogen-bond acceptors (Lipinski definition) is 4. The zero-order chi connectivity index (χ0) is 4.50. The summed E-state index contributed by atoms with van der Waals surface area (Å²) in [5.41, 5.74) is 0. The third-order valence-corrected chi connectivity index (χ3v) is 0. The summed E-state index contributed by atoms with van der Waals surface area (Å²) in [4.78, 5) is 29.3. The predicted molar refractivity (Wildman–Crippen MR) is 23.0 cm³/mol. The van der Waals surface area contributed by atoms with E-state index in [0.717, 1.165) is 0 Å². The first kappa shape index (κ1) is 23.1. The molecule has 0 aromatic heterocycles. The van der Waals surface area contributed by atoms with Gasteiger partial charge in [0.1, 0.15) is 0 Å². The van der Waals surface area contributed by atoms with Crippen LogP contribution in [0.5, 0.6) is 0 Å². The molecule has 0 aliphatic carbocycles. The van der Waals surface area contributed by atoms with Crippen LogP contribution in [0.1, 0.15) is 1.43 Å². The third kappa shape index (κ3) is 261. The van der Waals surface area contributed by atoms with Gasteiger partial charge in [0.05, 0.1) is 0 Å². The molecule has 6 nitrogen and oxygen atoms in total. The van der Waals surface area contributed by atoms with Crippen LogP contribution in [-0.2, 0) is 0 Å². The summed E-state index contributed by atoms with van der Waals surface area (Å²) in [6.07, 6.45) is 0. The van der Waals surface area contributed by atoms with Crippen molar-refractivity contribution in [1.82, 2.24) is 0 Å². The zero-order valence-electron chi connectivity index (χ0n) is 5.29. The zero-order valence-corrected chi connectivity index (χ0v) is 7.29. The Labute approximate surface area is 70.3 Å². The van der Waals surface area contributed by atoms with E-state index in [4.69, 9.17) is 19.2 Å². The molecule has 0 saturated carbocycles. The molecule has 0 aromatic rings. The van der Waals surface area contributed by atoms with Gasteiger partial charge in [0.15, 0.2) is 0 Å². The van der Waals surface area contributed by atoms with E-state index in [1.807, 2.05) is 0 Å². The largest absolute Gasteiger partial charge is 1.00 e. The minimum absolute atomic E-state index is 0. The Bertz CT molecular complexity index is 28.5. The minimum Gasteiger partial charge on any atom is -1.00 e. The normalized spacial score (nSPS) is 7.50. The predicted octanol–water partition coefficient (Wildman–Crippen LogP) is -7.14. The average Bonchev–Trinajstić information content (AvgIpc) is 0.722. The molecule has 0 spiro atoms. The summed E-state index contributed by atoms with van der Waals surface area (Å²) in [5, 5.41) is 0. The van der Waals surface area contributed by atoms with Crippen LogP contribution in [0, 0.1) is 0 Å². The van der Waals surface area contributed by atoms with Gasteiger partial charge in [0.25, 0.3) is 0 Å². The molecule has 0 radical (unpaired) electrons. The minimum atomic E-state index is -4.61. The van der Waals surface area contributed by atoms with Crippen LogP contribution in [0.2, 0.25) is 0 Å². The molecule has 0 heterocycles. The van der Waals surface area contributed by atoms with E-state index in [-0.39, 0.29) is 41.9 Å². The van der Waals surface area contributed by atoms with Crippen LogP contribution in [-0.4, -0.2) is 39.2 Å². The average molecular weight is 156 g/mol. The molecular formula is H9NaO6Si. The van der Waals surface area contributed by atoms with Crippen molar-refractivity contribution in [1.29, 1.82) is 0 Å². The maximum Gasteiger partial charge on any atom is 1.00 e. The van der Waals surface area contributed by atoms with Crippen molar-refractivity contribution in [2.75, 3.05) is 0 Å². The summed E-state index contributed by atoms with van der Waals surface area (Å²) < 4.78 is 0. The molecule has 8 heavy (non-hydrogen) atoms. The Morgan fingerprint density at radius 3 is 0.875 bits per heavy atom. The summed E-state index contributed by atoms with van der Waals surface area (Å²) in [7, 11) is -4.61.